The summed E-state index contributed by atoms with van der Waals surface area (Å²) >= 11 is 0. The lowest BCUT2D eigenvalue weighted by Gasteiger charge is -2.07. The standard InChI is InChI=1S/C17H14F2O3/c1-21-13-6-3-11(17(10-13)22-2)4-8-16(20)14-7-5-12(18)9-15(14)19/h3-10H,1-2H3/b8-4+. The topological polar surface area (TPSA) is 35.5 Å². The van der Waals surface area contributed by atoms with Crippen LogP contribution in [0, 0.1) is 11.6 Å². The summed E-state index contributed by atoms with van der Waals surface area (Å²) in [5, 5.41) is 0. The molecule has 2 aromatic carbocycles. The van der Waals surface area contributed by atoms with Gasteiger partial charge in [-0.05, 0) is 36.4 Å². The van der Waals surface area contributed by atoms with Gasteiger partial charge in [-0.15, -0.1) is 0 Å². The van der Waals surface area contributed by atoms with Gasteiger partial charge < -0.3 is 9.47 Å². The van der Waals surface area contributed by atoms with Gasteiger partial charge in [0.15, 0.2) is 5.78 Å². The van der Waals surface area contributed by atoms with E-state index in [1.54, 1.807) is 18.2 Å². The molecule has 0 radical (unpaired) electrons. The molecule has 0 aliphatic rings. The number of carbonyl (C=O) groups excluding carboxylic acids is 1. The predicted octanol–water partition coefficient (Wildman–Crippen LogP) is 3.88. The molecule has 114 valence electrons. The molecular formula is C17H14F2O3. The molecule has 0 aromatic heterocycles. The van der Waals surface area contributed by atoms with Crippen molar-refractivity contribution in [1.82, 2.24) is 0 Å². The van der Waals surface area contributed by atoms with Gasteiger partial charge in [-0.2, -0.15) is 0 Å². The van der Waals surface area contributed by atoms with Gasteiger partial charge >= 0.3 is 0 Å². The fraction of sp³-hybridized carbons (Fsp3) is 0.118. The average Bonchev–Trinajstić information content (AvgIpc) is 2.52. The van der Waals surface area contributed by atoms with Crippen LogP contribution in [0.2, 0.25) is 0 Å². The van der Waals surface area contributed by atoms with Gasteiger partial charge in [-0.1, -0.05) is 0 Å². The highest BCUT2D eigenvalue weighted by molar-refractivity contribution is 6.07. The van der Waals surface area contributed by atoms with Crippen LogP contribution in [0.15, 0.2) is 42.5 Å². The van der Waals surface area contributed by atoms with E-state index in [1.807, 2.05) is 0 Å². The number of rotatable bonds is 5. The molecule has 2 aromatic rings. The van der Waals surface area contributed by atoms with E-state index in [2.05, 4.69) is 0 Å². The Morgan fingerprint density at radius 2 is 1.82 bits per heavy atom. The monoisotopic (exact) mass is 304 g/mol. The highest BCUT2D eigenvalue weighted by Crippen LogP contribution is 2.25. The molecule has 0 aliphatic heterocycles. The van der Waals surface area contributed by atoms with Crippen molar-refractivity contribution in [2.75, 3.05) is 14.2 Å². The Kier molecular flexibility index (Phi) is 4.88. The maximum atomic E-state index is 13.5. The van der Waals surface area contributed by atoms with E-state index in [-0.39, 0.29) is 5.56 Å². The molecule has 22 heavy (non-hydrogen) atoms. The van der Waals surface area contributed by atoms with Crippen molar-refractivity contribution in [3.63, 3.8) is 0 Å². The normalized spacial score (nSPS) is 10.7. The second kappa shape index (κ2) is 6.85. The van der Waals surface area contributed by atoms with Crippen molar-refractivity contribution in [1.29, 1.82) is 0 Å². The van der Waals surface area contributed by atoms with Crippen LogP contribution in [0.3, 0.4) is 0 Å². The van der Waals surface area contributed by atoms with Crippen LogP contribution in [0.1, 0.15) is 15.9 Å². The molecule has 0 amide bonds. The summed E-state index contributed by atoms with van der Waals surface area (Å²) in [4.78, 5) is 12.0. The van der Waals surface area contributed by atoms with Crippen LogP contribution in [0.4, 0.5) is 8.78 Å². The summed E-state index contributed by atoms with van der Waals surface area (Å²) in [6.45, 7) is 0. The molecule has 0 N–H and O–H groups in total. The van der Waals surface area contributed by atoms with Gasteiger partial charge in [0.05, 0.1) is 19.8 Å². The first kappa shape index (κ1) is 15.7. The quantitative estimate of drug-likeness (QED) is 0.621. The molecule has 0 saturated carbocycles. The molecule has 0 saturated heterocycles. The molecule has 2 rings (SSSR count). The number of hydrogen-bond acceptors (Lipinski definition) is 3. The van der Waals surface area contributed by atoms with Gasteiger partial charge in [-0.25, -0.2) is 8.78 Å². The number of ether oxygens (including phenoxy) is 2. The molecule has 0 unspecified atom stereocenters. The smallest absolute Gasteiger partial charge is 0.188 e. The van der Waals surface area contributed by atoms with E-state index < -0.39 is 17.4 Å². The van der Waals surface area contributed by atoms with Crippen LogP contribution in [-0.2, 0) is 0 Å². The number of halogens is 2. The van der Waals surface area contributed by atoms with Crippen molar-refractivity contribution in [3.8, 4) is 11.5 Å². The summed E-state index contributed by atoms with van der Waals surface area (Å²) in [7, 11) is 3.03. The molecule has 0 aliphatic carbocycles. The lowest BCUT2D eigenvalue weighted by atomic mass is 10.1. The second-order valence-corrected chi connectivity index (χ2v) is 4.43. The van der Waals surface area contributed by atoms with Crippen molar-refractivity contribution >= 4 is 11.9 Å². The maximum absolute atomic E-state index is 13.5. The molecule has 0 bridgehead atoms. The van der Waals surface area contributed by atoms with Crippen LogP contribution in [0.5, 0.6) is 11.5 Å². The number of allylic oxidation sites excluding steroid dienone is 1. The molecule has 0 heterocycles. The SMILES string of the molecule is COc1ccc(/C=C/C(=O)c2ccc(F)cc2F)c(OC)c1. The van der Waals surface area contributed by atoms with Crippen molar-refractivity contribution < 1.29 is 23.0 Å². The van der Waals surface area contributed by atoms with Crippen LogP contribution in [0.25, 0.3) is 6.08 Å². The Hall–Kier alpha value is -2.69. The zero-order chi connectivity index (χ0) is 16.1. The third-order valence-electron chi connectivity index (χ3n) is 3.05. The summed E-state index contributed by atoms with van der Waals surface area (Å²) < 4.78 is 36.6. The Morgan fingerprint density at radius 1 is 1.05 bits per heavy atom. The summed E-state index contributed by atoms with van der Waals surface area (Å²) in [6.07, 6.45) is 2.71. The van der Waals surface area contributed by atoms with Crippen molar-refractivity contribution in [2.24, 2.45) is 0 Å². The third-order valence-corrected chi connectivity index (χ3v) is 3.05. The third kappa shape index (κ3) is 3.49. The molecule has 0 atom stereocenters. The number of ketones is 1. The van der Waals surface area contributed by atoms with E-state index in [0.29, 0.717) is 23.1 Å². The first-order chi connectivity index (χ1) is 10.5. The molecule has 0 spiro atoms. The number of hydrogen-bond donors (Lipinski definition) is 0. The van der Waals surface area contributed by atoms with E-state index >= 15 is 0 Å². The first-order valence-electron chi connectivity index (χ1n) is 6.44. The highest BCUT2D eigenvalue weighted by Gasteiger charge is 2.10. The highest BCUT2D eigenvalue weighted by atomic mass is 19.1. The lowest BCUT2D eigenvalue weighted by Crippen LogP contribution is -1.99. The second-order valence-electron chi connectivity index (χ2n) is 4.43. The Bertz CT molecular complexity index is 724. The van der Waals surface area contributed by atoms with E-state index in [4.69, 9.17) is 9.47 Å². The molecule has 3 nitrogen and oxygen atoms in total. The molecular weight excluding hydrogens is 290 g/mol. The van der Waals surface area contributed by atoms with Crippen molar-refractivity contribution in [2.45, 2.75) is 0 Å². The van der Waals surface area contributed by atoms with Gasteiger partial charge in [0.1, 0.15) is 23.1 Å². The van der Waals surface area contributed by atoms with E-state index in [0.717, 1.165) is 12.1 Å². The minimum atomic E-state index is -0.892. The number of carbonyl (C=O) groups is 1. The Morgan fingerprint density at radius 3 is 2.45 bits per heavy atom. The predicted molar refractivity (Wildman–Crippen MR) is 79.3 cm³/mol. The zero-order valence-corrected chi connectivity index (χ0v) is 12.1. The molecule has 0 fully saturated rings. The molecule has 5 heteroatoms. The van der Waals surface area contributed by atoms with Crippen LogP contribution in [-0.4, -0.2) is 20.0 Å². The van der Waals surface area contributed by atoms with Crippen LogP contribution < -0.4 is 9.47 Å². The Balaban J connectivity index is 2.26. The maximum Gasteiger partial charge on any atom is 0.188 e. The first-order valence-corrected chi connectivity index (χ1v) is 6.44. The Labute approximate surface area is 126 Å². The fourth-order valence-corrected chi connectivity index (χ4v) is 1.90. The fourth-order valence-electron chi connectivity index (χ4n) is 1.90. The lowest BCUT2D eigenvalue weighted by molar-refractivity contribution is 0.104. The number of methoxy groups -OCH3 is 2. The largest absolute Gasteiger partial charge is 0.497 e. The summed E-state index contributed by atoms with van der Waals surface area (Å²) in [6, 6.07) is 7.92. The average molecular weight is 304 g/mol. The van der Waals surface area contributed by atoms with Gasteiger partial charge in [0.2, 0.25) is 0 Å². The summed E-state index contributed by atoms with van der Waals surface area (Å²) in [5.41, 5.74) is 0.448. The summed E-state index contributed by atoms with van der Waals surface area (Å²) in [5.74, 6) is -1.05. The van der Waals surface area contributed by atoms with Crippen LogP contribution >= 0.6 is 0 Å². The minimum absolute atomic E-state index is 0.190. The van der Waals surface area contributed by atoms with Crippen molar-refractivity contribution in [3.05, 3.63) is 65.2 Å². The van der Waals surface area contributed by atoms with Gasteiger partial charge in [0, 0.05) is 17.7 Å². The zero-order valence-electron chi connectivity index (χ0n) is 12.1. The van der Waals surface area contributed by atoms with Gasteiger partial charge in [-0.3, -0.25) is 4.79 Å². The number of benzene rings is 2. The van der Waals surface area contributed by atoms with Gasteiger partial charge in [0.25, 0.3) is 0 Å². The minimum Gasteiger partial charge on any atom is -0.497 e. The van der Waals surface area contributed by atoms with E-state index in [9.17, 15) is 13.6 Å². The van der Waals surface area contributed by atoms with E-state index in [1.165, 1.54) is 26.4 Å².